The van der Waals surface area contributed by atoms with Gasteiger partial charge in [0.25, 0.3) is 0 Å². The molecule has 8 rings (SSSR count). The summed E-state index contributed by atoms with van der Waals surface area (Å²) in [6.07, 6.45) is 7.62. The predicted molar refractivity (Wildman–Crippen MR) is 147 cm³/mol. The lowest BCUT2D eigenvalue weighted by atomic mass is 10.0. The third kappa shape index (κ3) is 2.82. The molecule has 170 valence electrons. The van der Waals surface area contributed by atoms with E-state index in [1.54, 1.807) is 6.20 Å². The highest BCUT2D eigenvalue weighted by atomic mass is 32.1. The van der Waals surface area contributed by atoms with Crippen LogP contribution in [-0.4, -0.2) is 19.2 Å². The molecule has 0 aliphatic rings. The molecule has 4 aromatic heterocycles. The number of benzene rings is 4. The van der Waals surface area contributed by atoms with E-state index in [9.17, 15) is 0 Å². The van der Waals surface area contributed by atoms with Crippen molar-refractivity contribution < 1.29 is 4.74 Å². The van der Waals surface area contributed by atoms with E-state index in [0.717, 1.165) is 28.2 Å². The maximum atomic E-state index is 6.30. The fourth-order valence-corrected chi connectivity index (χ4v) is 6.31. The van der Waals surface area contributed by atoms with Crippen LogP contribution >= 0.6 is 11.3 Å². The fraction of sp³-hybridized carbons (Fsp3) is 0. The molecule has 8 aromatic rings. The van der Waals surface area contributed by atoms with E-state index in [1.807, 2.05) is 64.8 Å². The van der Waals surface area contributed by atoms with E-state index in [4.69, 9.17) is 9.72 Å². The summed E-state index contributed by atoms with van der Waals surface area (Å²) in [5, 5.41) is 10.3. The van der Waals surface area contributed by atoms with E-state index < -0.39 is 0 Å². The minimum atomic E-state index is 0.758. The van der Waals surface area contributed by atoms with Crippen LogP contribution in [0.2, 0.25) is 0 Å². The molecule has 0 fully saturated rings. The Morgan fingerprint density at radius 3 is 2.53 bits per heavy atom. The number of aromatic nitrogens is 4. The molecule has 0 atom stereocenters. The van der Waals surface area contributed by atoms with Crippen molar-refractivity contribution >= 4 is 58.8 Å². The second-order valence-corrected chi connectivity index (χ2v) is 9.90. The van der Waals surface area contributed by atoms with Gasteiger partial charge >= 0.3 is 0 Å². The zero-order valence-electron chi connectivity index (χ0n) is 19.0. The van der Waals surface area contributed by atoms with Gasteiger partial charge in [0.05, 0.1) is 11.2 Å². The standard InChI is InChI=1S/C30H18N4OS/c1-2-8-26-24(7-1)28-27(36-26)12-11-23-22-10-9-21(18-25(22)30-31-14-16-33(30)29(23)28)35-20-6-3-5-19(17-20)34-15-4-13-32-34/h1-18H. The van der Waals surface area contributed by atoms with E-state index >= 15 is 0 Å². The zero-order valence-corrected chi connectivity index (χ0v) is 19.8. The van der Waals surface area contributed by atoms with E-state index in [1.165, 1.54) is 36.5 Å². The monoisotopic (exact) mass is 482 g/mol. The predicted octanol–water partition coefficient (Wildman–Crippen LogP) is 7.99. The van der Waals surface area contributed by atoms with Crippen LogP contribution in [0, 0.1) is 0 Å². The Hall–Kier alpha value is -4.68. The number of nitrogens with zero attached hydrogens (tertiary/aromatic N) is 4. The molecule has 0 unspecified atom stereocenters. The summed E-state index contributed by atoms with van der Waals surface area (Å²) in [5.74, 6) is 1.53. The van der Waals surface area contributed by atoms with Gasteiger partial charge in [-0.25, -0.2) is 9.67 Å². The highest BCUT2D eigenvalue weighted by molar-refractivity contribution is 7.26. The maximum absolute atomic E-state index is 6.30. The van der Waals surface area contributed by atoms with Crippen LogP contribution in [0.3, 0.4) is 0 Å². The maximum Gasteiger partial charge on any atom is 0.145 e. The summed E-state index contributed by atoms with van der Waals surface area (Å²) in [6, 6.07) is 29.2. The molecule has 5 nitrogen and oxygen atoms in total. The van der Waals surface area contributed by atoms with Crippen molar-refractivity contribution in [3.63, 3.8) is 0 Å². The molecule has 0 saturated heterocycles. The summed E-state index contributed by atoms with van der Waals surface area (Å²) in [6.45, 7) is 0. The molecule has 0 amide bonds. The van der Waals surface area contributed by atoms with Crippen LogP contribution in [0.5, 0.6) is 11.5 Å². The number of hydrogen-bond acceptors (Lipinski definition) is 4. The van der Waals surface area contributed by atoms with Crippen molar-refractivity contribution in [2.45, 2.75) is 0 Å². The SMILES string of the molecule is c1cc(Oc2ccc3c(c2)c2nccn2c2c3ccc3sc4ccccc4c32)cc(-n2cccn2)c1. The number of ether oxygens (including phenoxy) is 1. The van der Waals surface area contributed by atoms with Gasteiger partial charge in [-0.1, -0.05) is 30.3 Å². The van der Waals surface area contributed by atoms with Crippen molar-refractivity contribution in [3.8, 4) is 17.2 Å². The number of imidazole rings is 1. The number of rotatable bonds is 3. The Labute approximate surface area is 209 Å². The van der Waals surface area contributed by atoms with Crippen LogP contribution < -0.4 is 4.74 Å². The lowest BCUT2D eigenvalue weighted by molar-refractivity contribution is 0.483. The van der Waals surface area contributed by atoms with Crippen LogP contribution in [0.25, 0.3) is 53.2 Å². The summed E-state index contributed by atoms with van der Waals surface area (Å²) in [4.78, 5) is 4.76. The molecule has 0 N–H and O–H groups in total. The lowest BCUT2D eigenvalue weighted by Crippen LogP contribution is -1.95. The Bertz CT molecular complexity index is 2090. The zero-order chi connectivity index (χ0) is 23.6. The summed E-state index contributed by atoms with van der Waals surface area (Å²) >= 11 is 1.84. The van der Waals surface area contributed by atoms with Crippen LogP contribution in [0.15, 0.2) is 110 Å². The summed E-state index contributed by atoms with van der Waals surface area (Å²) in [5.41, 5.74) is 3.08. The topological polar surface area (TPSA) is 44.4 Å². The minimum Gasteiger partial charge on any atom is -0.457 e. The third-order valence-electron chi connectivity index (χ3n) is 6.74. The summed E-state index contributed by atoms with van der Waals surface area (Å²) < 4.78 is 12.9. The normalized spacial score (nSPS) is 11.9. The molecule has 0 saturated carbocycles. The second-order valence-electron chi connectivity index (χ2n) is 8.81. The molecule has 36 heavy (non-hydrogen) atoms. The molecular weight excluding hydrogens is 464 g/mol. The molecule has 0 spiro atoms. The van der Waals surface area contributed by atoms with Gasteiger partial charge in [0, 0.05) is 61.8 Å². The van der Waals surface area contributed by atoms with Crippen LogP contribution in [0.4, 0.5) is 0 Å². The lowest BCUT2D eigenvalue weighted by Gasteiger charge is -2.12. The van der Waals surface area contributed by atoms with Crippen molar-refractivity contribution in [1.29, 1.82) is 0 Å². The molecule has 4 heterocycles. The average Bonchev–Trinajstić information content (AvgIpc) is 3.68. The number of thiophene rings is 1. The van der Waals surface area contributed by atoms with E-state index in [0.29, 0.717) is 0 Å². The van der Waals surface area contributed by atoms with Gasteiger partial charge < -0.3 is 4.74 Å². The highest BCUT2D eigenvalue weighted by Crippen LogP contribution is 2.41. The number of pyridine rings is 1. The number of fused-ring (bicyclic) bond motifs is 10. The second kappa shape index (κ2) is 7.41. The fourth-order valence-electron chi connectivity index (χ4n) is 5.20. The molecule has 0 aliphatic carbocycles. The van der Waals surface area contributed by atoms with Gasteiger partial charge in [-0.15, -0.1) is 11.3 Å². The Morgan fingerprint density at radius 2 is 1.58 bits per heavy atom. The van der Waals surface area contributed by atoms with Crippen molar-refractivity contribution in [3.05, 3.63) is 110 Å². The first-order valence-electron chi connectivity index (χ1n) is 11.7. The average molecular weight is 483 g/mol. The molecule has 0 bridgehead atoms. The Balaban J connectivity index is 1.34. The largest absolute Gasteiger partial charge is 0.457 e. The van der Waals surface area contributed by atoms with E-state index in [2.05, 4.69) is 64.2 Å². The van der Waals surface area contributed by atoms with Gasteiger partial charge in [-0.3, -0.25) is 4.40 Å². The van der Waals surface area contributed by atoms with Crippen LogP contribution in [-0.2, 0) is 0 Å². The van der Waals surface area contributed by atoms with Gasteiger partial charge in [-0.05, 0) is 53.9 Å². The highest BCUT2D eigenvalue weighted by Gasteiger charge is 2.16. The molecule has 4 aromatic carbocycles. The molecular formula is C30H18N4OS. The van der Waals surface area contributed by atoms with Crippen molar-refractivity contribution in [2.75, 3.05) is 0 Å². The van der Waals surface area contributed by atoms with Gasteiger partial charge in [0.1, 0.15) is 17.1 Å². The van der Waals surface area contributed by atoms with Gasteiger partial charge in [0.2, 0.25) is 0 Å². The minimum absolute atomic E-state index is 0.758. The first-order valence-corrected chi connectivity index (χ1v) is 12.6. The third-order valence-corrected chi connectivity index (χ3v) is 7.88. The molecule has 0 radical (unpaired) electrons. The number of hydrogen-bond donors (Lipinski definition) is 0. The van der Waals surface area contributed by atoms with Gasteiger partial charge in [0.15, 0.2) is 0 Å². The van der Waals surface area contributed by atoms with Crippen LogP contribution in [0.1, 0.15) is 0 Å². The van der Waals surface area contributed by atoms with E-state index in [-0.39, 0.29) is 0 Å². The van der Waals surface area contributed by atoms with Crippen molar-refractivity contribution in [2.24, 2.45) is 0 Å². The quantitative estimate of drug-likeness (QED) is 0.240. The van der Waals surface area contributed by atoms with Gasteiger partial charge in [-0.2, -0.15) is 5.10 Å². The smallest absolute Gasteiger partial charge is 0.145 e. The first-order chi connectivity index (χ1) is 17.8. The van der Waals surface area contributed by atoms with Crippen molar-refractivity contribution in [1.82, 2.24) is 19.2 Å². The molecule has 0 aliphatic heterocycles. The summed E-state index contributed by atoms with van der Waals surface area (Å²) in [7, 11) is 0. The Kier molecular flexibility index (Phi) is 4.03. The first kappa shape index (κ1) is 19.6. The molecule has 6 heteroatoms. The Morgan fingerprint density at radius 1 is 0.667 bits per heavy atom.